The zero-order valence-corrected chi connectivity index (χ0v) is 10.1. The highest BCUT2D eigenvalue weighted by Gasteiger charge is 2.07. The van der Waals surface area contributed by atoms with E-state index in [0.29, 0.717) is 18.2 Å². The third-order valence-electron chi connectivity index (χ3n) is 1.96. The smallest absolute Gasteiger partial charge is 0.239 e. The average molecular weight is 235 g/mol. The maximum Gasteiger partial charge on any atom is 0.239 e. The SMILES string of the molecule is C=CCNC(=O)CNc1nccnc1N(C)C. The number of anilines is 2. The van der Waals surface area contributed by atoms with E-state index in [9.17, 15) is 4.79 Å². The average Bonchev–Trinajstić information content (AvgIpc) is 2.34. The predicted molar refractivity (Wildman–Crippen MR) is 68.1 cm³/mol. The molecule has 17 heavy (non-hydrogen) atoms. The van der Waals surface area contributed by atoms with E-state index in [1.807, 2.05) is 19.0 Å². The van der Waals surface area contributed by atoms with Crippen molar-refractivity contribution >= 4 is 17.5 Å². The molecule has 92 valence electrons. The first-order valence-corrected chi connectivity index (χ1v) is 5.25. The molecule has 6 heteroatoms. The Morgan fingerprint density at radius 3 is 2.82 bits per heavy atom. The van der Waals surface area contributed by atoms with Crippen LogP contribution >= 0.6 is 0 Å². The van der Waals surface area contributed by atoms with E-state index < -0.39 is 0 Å². The van der Waals surface area contributed by atoms with E-state index in [2.05, 4.69) is 27.2 Å². The number of carbonyl (C=O) groups excluding carboxylic acids is 1. The molecular formula is C11H17N5O. The van der Waals surface area contributed by atoms with E-state index in [0.717, 1.165) is 0 Å². The molecule has 0 spiro atoms. The van der Waals surface area contributed by atoms with Gasteiger partial charge in [-0.05, 0) is 0 Å². The lowest BCUT2D eigenvalue weighted by Crippen LogP contribution is -2.30. The van der Waals surface area contributed by atoms with Crippen LogP contribution in [0, 0.1) is 0 Å². The highest BCUT2D eigenvalue weighted by Crippen LogP contribution is 2.16. The van der Waals surface area contributed by atoms with Gasteiger partial charge in [0.2, 0.25) is 5.91 Å². The second-order valence-electron chi connectivity index (χ2n) is 3.57. The Balaban J connectivity index is 2.56. The third kappa shape index (κ3) is 4.10. The normalized spacial score (nSPS) is 9.53. The van der Waals surface area contributed by atoms with Crippen LogP contribution in [-0.2, 0) is 4.79 Å². The molecule has 0 atom stereocenters. The zero-order chi connectivity index (χ0) is 12.7. The molecule has 0 aliphatic heterocycles. The Bertz CT molecular complexity index is 391. The highest BCUT2D eigenvalue weighted by atomic mass is 16.1. The lowest BCUT2D eigenvalue weighted by Gasteiger charge is -2.15. The fraction of sp³-hybridized carbons (Fsp3) is 0.364. The van der Waals surface area contributed by atoms with E-state index in [1.54, 1.807) is 18.5 Å². The Labute approximate surface area is 101 Å². The Kier molecular flexibility index (Phi) is 4.93. The van der Waals surface area contributed by atoms with Gasteiger partial charge >= 0.3 is 0 Å². The molecule has 0 aromatic carbocycles. The number of hydrogen-bond acceptors (Lipinski definition) is 5. The van der Waals surface area contributed by atoms with Crippen LogP contribution in [0.3, 0.4) is 0 Å². The van der Waals surface area contributed by atoms with Gasteiger partial charge in [-0.2, -0.15) is 0 Å². The van der Waals surface area contributed by atoms with Gasteiger partial charge in [0.05, 0.1) is 6.54 Å². The summed E-state index contributed by atoms with van der Waals surface area (Å²) < 4.78 is 0. The summed E-state index contributed by atoms with van der Waals surface area (Å²) >= 11 is 0. The Morgan fingerprint density at radius 1 is 1.47 bits per heavy atom. The van der Waals surface area contributed by atoms with Crippen LogP contribution < -0.4 is 15.5 Å². The van der Waals surface area contributed by atoms with Crippen molar-refractivity contribution in [1.82, 2.24) is 15.3 Å². The predicted octanol–water partition coefficient (Wildman–Crippen LogP) is 0.257. The Morgan fingerprint density at radius 2 is 2.18 bits per heavy atom. The summed E-state index contributed by atoms with van der Waals surface area (Å²) in [5, 5.41) is 5.61. The molecule has 1 aromatic heterocycles. The molecule has 1 heterocycles. The molecule has 1 aromatic rings. The molecule has 0 aliphatic carbocycles. The Hall–Kier alpha value is -2.11. The molecule has 1 rings (SSSR count). The summed E-state index contributed by atoms with van der Waals surface area (Å²) in [5.41, 5.74) is 0. The largest absolute Gasteiger partial charge is 0.360 e. The van der Waals surface area contributed by atoms with Gasteiger partial charge in [-0.25, -0.2) is 9.97 Å². The minimum absolute atomic E-state index is 0.111. The zero-order valence-electron chi connectivity index (χ0n) is 10.1. The number of carbonyl (C=O) groups is 1. The van der Waals surface area contributed by atoms with Gasteiger partial charge in [-0.1, -0.05) is 6.08 Å². The molecule has 0 unspecified atom stereocenters. The van der Waals surface area contributed by atoms with Gasteiger partial charge in [0.25, 0.3) is 0 Å². The number of aromatic nitrogens is 2. The first-order chi connectivity index (χ1) is 8.15. The van der Waals surface area contributed by atoms with Crippen molar-refractivity contribution in [2.24, 2.45) is 0 Å². The quantitative estimate of drug-likeness (QED) is 0.692. The number of hydrogen-bond donors (Lipinski definition) is 2. The monoisotopic (exact) mass is 235 g/mol. The second kappa shape index (κ2) is 6.47. The van der Waals surface area contributed by atoms with E-state index >= 15 is 0 Å². The van der Waals surface area contributed by atoms with Crippen molar-refractivity contribution in [1.29, 1.82) is 0 Å². The van der Waals surface area contributed by atoms with Gasteiger partial charge in [0.15, 0.2) is 11.6 Å². The topological polar surface area (TPSA) is 70.1 Å². The number of amides is 1. The molecule has 6 nitrogen and oxygen atoms in total. The molecule has 0 radical (unpaired) electrons. The third-order valence-corrected chi connectivity index (χ3v) is 1.96. The summed E-state index contributed by atoms with van der Waals surface area (Å²) in [6, 6.07) is 0. The highest BCUT2D eigenvalue weighted by molar-refractivity contribution is 5.81. The summed E-state index contributed by atoms with van der Waals surface area (Å²) in [5.74, 6) is 1.18. The van der Waals surface area contributed by atoms with Gasteiger partial charge in [0, 0.05) is 33.0 Å². The molecule has 0 aliphatic rings. The van der Waals surface area contributed by atoms with E-state index in [-0.39, 0.29) is 12.5 Å². The molecule has 0 saturated heterocycles. The molecule has 0 fully saturated rings. The molecule has 1 amide bonds. The van der Waals surface area contributed by atoms with Crippen LogP contribution in [0.25, 0.3) is 0 Å². The van der Waals surface area contributed by atoms with Crippen molar-refractivity contribution in [3.8, 4) is 0 Å². The van der Waals surface area contributed by atoms with Crippen molar-refractivity contribution in [2.75, 3.05) is 37.4 Å². The first kappa shape index (κ1) is 13.0. The van der Waals surface area contributed by atoms with Crippen LogP contribution in [0.1, 0.15) is 0 Å². The van der Waals surface area contributed by atoms with Crippen molar-refractivity contribution < 1.29 is 4.79 Å². The van der Waals surface area contributed by atoms with Gasteiger partial charge in [-0.15, -0.1) is 6.58 Å². The van der Waals surface area contributed by atoms with Crippen molar-refractivity contribution in [3.63, 3.8) is 0 Å². The summed E-state index contributed by atoms with van der Waals surface area (Å²) in [4.78, 5) is 21.5. The fourth-order valence-corrected chi connectivity index (χ4v) is 1.20. The van der Waals surface area contributed by atoms with Crippen LogP contribution in [-0.4, -0.2) is 43.1 Å². The van der Waals surface area contributed by atoms with Gasteiger partial charge in [-0.3, -0.25) is 4.79 Å². The minimum atomic E-state index is -0.111. The number of rotatable bonds is 6. The lowest BCUT2D eigenvalue weighted by molar-refractivity contribution is -0.119. The summed E-state index contributed by atoms with van der Waals surface area (Å²) in [6.45, 7) is 4.14. The molecule has 0 saturated carbocycles. The maximum atomic E-state index is 11.4. The summed E-state index contributed by atoms with van der Waals surface area (Å²) in [6.07, 6.45) is 4.82. The maximum absolute atomic E-state index is 11.4. The molecule has 0 bridgehead atoms. The first-order valence-electron chi connectivity index (χ1n) is 5.25. The summed E-state index contributed by atoms with van der Waals surface area (Å²) in [7, 11) is 3.74. The van der Waals surface area contributed by atoms with Crippen LogP contribution in [0.5, 0.6) is 0 Å². The molecular weight excluding hydrogens is 218 g/mol. The second-order valence-corrected chi connectivity index (χ2v) is 3.57. The minimum Gasteiger partial charge on any atom is -0.360 e. The van der Waals surface area contributed by atoms with Crippen LogP contribution in [0.2, 0.25) is 0 Å². The van der Waals surface area contributed by atoms with Crippen molar-refractivity contribution in [2.45, 2.75) is 0 Å². The number of nitrogens with zero attached hydrogens (tertiary/aromatic N) is 3. The van der Waals surface area contributed by atoms with Gasteiger partial charge < -0.3 is 15.5 Å². The standard InChI is InChI=1S/C11H17N5O/c1-4-5-12-9(17)8-15-10-11(16(2)3)14-7-6-13-10/h4,6-7H,1,5,8H2,2-3H3,(H,12,17)(H,13,15). The van der Waals surface area contributed by atoms with Gasteiger partial charge in [0.1, 0.15) is 0 Å². The molecule has 2 N–H and O–H groups in total. The fourth-order valence-electron chi connectivity index (χ4n) is 1.20. The van der Waals surface area contributed by atoms with Crippen LogP contribution in [0.4, 0.5) is 11.6 Å². The number of nitrogens with one attached hydrogen (secondary N) is 2. The van der Waals surface area contributed by atoms with Crippen molar-refractivity contribution in [3.05, 3.63) is 25.0 Å². The van der Waals surface area contributed by atoms with Crippen LogP contribution in [0.15, 0.2) is 25.0 Å². The lowest BCUT2D eigenvalue weighted by atomic mass is 10.5. The van der Waals surface area contributed by atoms with E-state index in [4.69, 9.17) is 0 Å². The van der Waals surface area contributed by atoms with E-state index in [1.165, 1.54) is 0 Å².